The number of nitro groups is 1. The highest BCUT2D eigenvalue weighted by molar-refractivity contribution is 5.53. The molecule has 1 atom stereocenters. The van der Waals surface area contributed by atoms with E-state index in [-0.39, 0.29) is 17.3 Å². The van der Waals surface area contributed by atoms with Crippen LogP contribution in [0.4, 0.5) is 11.6 Å². The van der Waals surface area contributed by atoms with E-state index in [1.54, 1.807) is 11.6 Å². The zero-order valence-electron chi connectivity index (χ0n) is 10.4. The van der Waals surface area contributed by atoms with Gasteiger partial charge >= 0.3 is 5.82 Å². The zero-order valence-corrected chi connectivity index (χ0v) is 10.4. The molecule has 0 amide bonds. The van der Waals surface area contributed by atoms with Gasteiger partial charge in [-0.05, 0) is 28.2 Å². The summed E-state index contributed by atoms with van der Waals surface area (Å²) in [4.78, 5) is 14.2. The van der Waals surface area contributed by atoms with Crippen LogP contribution < -0.4 is 5.32 Å². The molecule has 1 N–H and O–H groups in total. The number of nitrogens with zero attached hydrogens (tertiary/aromatic N) is 3. The Bertz CT molecular complexity index is 439. The Balaban J connectivity index is 2.24. The third-order valence-electron chi connectivity index (χ3n) is 3.66. The summed E-state index contributed by atoms with van der Waals surface area (Å²) >= 11 is 0. The summed E-state index contributed by atoms with van der Waals surface area (Å²) in [7, 11) is 1.77. The largest absolute Gasteiger partial charge is 0.406 e. The fourth-order valence-electron chi connectivity index (χ4n) is 2.48. The van der Waals surface area contributed by atoms with Crippen molar-refractivity contribution in [3.63, 3.8) is 0 Å². The molecule has 0 aromatic carbocycles. The summed E-state index contributed by atoms with van der Waals surface area (Å²) in [5.41, 5.74) is 0.179. The second-order valence-corrected chi connectivity index (χ2v) is 5.36. The van der Waals surface area contributed by atoms with Crippen molar-refractivity contribution in [3.8, 4) is 0 Å². The van der Waals surface area contributed by atoms with Crippen molar-refractivity contribution in [2.45, 2.75) is 39.2 Å². The van der Waals surface area contributed by atoms with E-state index in [1.165, 1.54) is 6.33 Å². The van der Waals surface area contributed by atoms with Gasteiger partial charge in [-0.25, -0.2) is 0 Å². The SMILES string of the molecule is Cn1cnc([N+](=O)[O-])c1NC1CCCC1(C)C. The Labute approximate surface area is 100 Å². The van der Waals surface area contributed by atoms with E-state index in [4.69, 9.17) is 0 Å². The first kappa shape index (κ1) is 11.9. The zero-order chi connectivity index (χ0) is 12.6. The predicted molar refractivity (Wildman–Crippen MR) is 64.9 cm³/mol. The van der Waals surface area contributed by atoms with Crippen LogP contribution in [-0.2, 0) is 7.05 Å². The molecule has 1 unspecified atom stereocenters. The molecule has 0 radical (unpaired) electrons. The highest BCUT2D eigenvalue weighted by Crippen LogP contribution is 2.39. The van der Waals surface area contributed by atoms with Crippen molar-refractivity contribution >= 4 is 11.6 Å². The summed E-state index contributed by atoms with van der Waals surface area (Å²) in [6.45, 7) is 4.39. The first-order valence-electron chi connectivity index (χ1n) is 5.84. The lowest BCUT2D eigenvalue weighted by Crippen LogP contribution is -2.31. The monoisotopic (exact) mass is 238 g/mol. The maximum Gasteiger partial charge on any atom is 0.406 e. The molecule has 6 nitrogen and oxygen atoms in total. The third-order valence-corrected chi connectivity index (χ3v) is 3.66. The van der Waals surface area contributed by atoms with Gasteiger partial charge in [0.25, 0.3) is 0 Å². The molecule has 1 fully saturated rings. The van der Waals surface area contributed by atoms with Gasteiger partial charge in [0.2, 0.25) is 12.1 Å². The molecular weight excluding hydrogens is 220 g/mol. The molecule has 1 saturated carbocycles. The first-order valence-corrected chi connectivity index (χ1v) is 5.84. The molecule has 1 heterocycles. The van der Waals surface area contributed by atoms with Crippen LogP contribution in [0.25, 0.3) is 0 Å². The van der Waals surface area contributed by atoms with E-state index in [9.17, 15) is 10.1 Å². The van der Waals surface area contributed by atoms with Crippen molar-refractivity contribution < 1.29 is 4.92 Å². The maximum absolute atomic E-state index is 10.9. The fraction of sp³-hybridized carbons (Fsp3) is 0.727. The smallest absolute Gasteiger partial charge is 0.361 e. The van der Waals surface area contributed by atoms with Crippen molar-refractivity contribution in [1.82, 2.24) is 9.55 Å². The molecule has 2 rings (SSSR count). The lowest BCUT2D eigenvalue weighted by molar-refractivity contribution is -0.388. The van der Waals surface area contributed by atoms with Crippen LogP contribution >= 0.6 is 0 Å². The van der Waals surface area contributed by atoms with Gasteiger partial charge in [0, 0.05) is 13.1 Å². The summed E-state index contributed by atoms with van der Waals surface area (Å²) in [5.74, 6) is 0.421. The Hall–Kier alpha value is -1.59. The van der Waals surface area contributed by atoms with Gasteiger partial charge in [0.15, 0.2) is 0 Å². The van der Waals surface area contributed by atoms with E-state index < -0.39 is 4.92 Å². The molecule has 0 bridgehead atoms. The second-order valence-electron chi connectivity index (χ2n) is 5.36. The number of imidazole rings is 1. The van der Waals surface area contributed by atoms with Crippen molar-refractivity contribution in [3.05, 3.63) is 16.4 Å². The van der Waals surface area contributed by atoms with Gasteiger partial charge < -0.3 is 15.4 Å². The number of hydrogen-bond acceptors (Lipinski definition) is 4. The van der Waals surface area contributed by atoms with Gasteiger partial charge in [0.05, 0.1) is 0 Å². The average Bonchev–Trinajstić information content (AvgIpc) is 2.73. The van der Waals surface area contributed by atoms with Gasteiger partial charge in [-0.3, -0.25) is 4.57 Å². The van der Waals surface area contributed by atoms with E-state index in [2.05, 4.69) is 24.1 Å². The van der Waals surface area contributed by atoms with E-state index >= 15 is 0 Å². The molecule has 6 heteroatoms. The Morgan fingerprint density at radius 1 is 1.65 bits per heavy atom. The number of hydrogen-bond donors (Lipinski definition) is 1. The van der Waals surface area contributed by atoms with Gasteiger partial charge in [-0.1, -0.05) is 20.3 Å². The van der Waals surface area contributed by atoms with E-state index in [0.717, 1.165) is 19.3 Å². The minimum absolute atomic E-state index is 0.0878. The number of aromatic nitrogens is 2. The van der Waals surface area contributed by atoms with Crippen LogP contribution in [0.1, 0.15) is 33.1 Å². The second kappa shape index (κ2) is 4.01. The van der Waals surface area contributed by atoms with Crippen molar-refractivity contribution in [2.24, 2.45) is 12.5 Å². The molecule has 1 aromatic heterocycles. The highest BCUT2D eigenvalue weighted by atomic mass is 16.6. The van der Waals surface area contributed by atoms with Crippen molar-refractivity contribution in [1.29, 1.82) is 0 Å². The van der Waals surface area contributed by atoms with Crippen LogP contribution in [0.5, 0.6) is 0 Å². The lowest BCUT2D eigenvalue weighted by Gasteiger charge is -2.28. The topological polar surface area (TPSA) is 73.0 Å². The Morgan fingerprint density at radius 2 is 2.35 bits per heavy atom. The Morgan fingerprint density at radius 3 is 2.88 bits per heavy atom. The molecular formula is C11H18N4O2. The van der Waals surface area contributed by atoms with Gasteiger partial charge in [0.1, 0.15) is 0 Å². The molecule has 1 aliphatic rings. The third kappa shape index (κ3) is 2.11. The number of anilines is 1. The molecule has 0 spiro atoms. The summed E-state index contributed by atoms with van der Waals surface area (Å²) in [6, 6.07) is 0.275. The van der Waals surface area contributed by atoms with E-state index in [1.807, 2.05) is 0 Å². The van der Waals surface area contributed by atoms with Crippen molar-refractivity contribution in [2.75, 3.05) is 5.32 Å². The number of aryl methyl sites for hydroxylation is 1. The van der Waals surface area contributed by atoms with Crippen LogP contribution in [-0.4, -0.2) is 20.5 Å². The lowest BCUT2D eigenvalue weighted by atomic mass is 9.87. The Kier molecular flexibility index (Phi) is 2.81. The molecule has 1 aliphatic carbocycles. The van der Waals surface area contributed by atoms with Gasteiger partial charge in [-0.15, -0.1) is 0 Å². The van der Waals surface area contributed by atoms with Crippen LogP contribution in [0, 0.1) is 15.5 Å². The fourth-order valence-corrected chi connectivity index (χ4v) is 2.48. The predicted octanol–water partition coefficient (Wildman–Crippen LogP) is 2.32. The average molecular weight is 238 g/mol. The summed E-state index contributed by atoms with van der Waals surface area (Å²) in [5, 5.41) is 14.1. The first-order chi connectivity index (χ1) is 7.92. The minimum Gasteiger partial charge on any atom is -0.361 e. The molecule has 17 heavy (non-hydrogen) atoms. The van der Waals surface area contributed by atoms with Gasteiger partial charge in [-0.2, -0.15) is 0 Å². The quantitative estimate of drug-likeness (QED) is 0.647. The maximum atomic E-state index is 10.9. The van der Waals surface area contributed by atoms with E-state index in [0.29, 0.717) is 5.82 Å². The number of nitrogens with one attached hydrogen (secondary N) is 1. The standard InChI is InChI=1S/C11H18N4O2/c1-11(2)6-4-5-8(11)13-10-9(15(16)17)12-7-14(10)3/h7-8,13H,4-6H2,1-3H3. The summed E-state index contributed by atoms with van der Waals surface area (Å²) in [6.07, 6.45) is 4.84. The van der Waals surface area contributed by atoms with Crippen LogP contribution in [0.3, 0.4) is 0 Å². The van der Waals surface area contributed by atoms with Crippen LogP contribution in [0.2, 0.25) is 0 Å². The minimum atomic E-state index is -0.440. The molecule has 94 valence electrons. The number of rotatable bonds is 3. The highest BCUT2D eigenvalue weighted by Gasteiger charge is 2.36. The summed E-state index contributed by atoms with van der Waals surface area (Å²) < 4.78 is 1.67. The normalized spacial score (nSPS) is 22.6. The molecule has 1 aromatic rings. The molecule has 0 aliphatic heterocycles. The molecule has 0 saturated heterocycles. The van der Waals surface area contributed by atoms with Crippen LogP contribution in [0.15, 0.2) is 6.33 Å².